The van der Waals surface area contributed by atoms with Crippen molar-refractivity contribution in [3.05, 3.63) is 71.7 Å². The van der Waals surface area contributed by atoms with Crippen LogP contribution in [0.2, 0.25) is 0 Å². The van der Waals surface area contributed by atoms with Crippen molar-refractivity contribution in [1.29, 1.82) is 0 Å². The monoisotopic (exact) mass is 370 g/mol. The Hall–Kier alpha value is -3.67. The van der Waals surface area contributed by atoms with Gasteiger partial charge in [-0.05, 0) is 55.7 Å². The van der Waals surface area contributed by atoms with Crippen LogP contribution in [0.4, 0.5) is 11.4 Å². The summed E-state index contributed by atoms with van der Waals surface area (Å²) in [6.07, 6.45) is 5.09. The molecule has 0 saturated carbocycles. The molecule has 4 aromatic rings. The van der Waals surface area contributed by atoms with Crippen LogP contribution < -0.4 is 5.32 Å². The zero-order valence-corrected chi connectivity index (χ0v) is 15.3. The summed E-state index contributed by atoms with van der Waals surface area (Å²) >= 11 is 0. The quantitative estimate of drug-likeness (QED) is 0.389. The van der Waals surface area contributed by atoms with Crippen LogP contribution in [0, 0.1) is 6.92 Å². The van der Waals surface area contributed by atoms with E-state index in [0.717, 1.165) is 52.3 Å². The zero-order valence-electron chi connectivity index (χ0n) is 15.3. The smallest absolute Gasteiger partial charge is 0.177 e. The molecule has 0 radical (unpaired) electrons. The predicted molar refractivity (Wildman–Crippen MR) is 108 cm³/mol. The summed E-state index contributed by atoms with van der Waals surface area (Å²) < 4.78 is 6.10. The molecule has 3 heterocycles. The Labute approximate surface area is 161 Å². The van der Waals surface area contributed by atoms with Gasteiger partial charge in [0.1, 0.15) is 5.69 Å². The van der Waals surface area contributed by atoms with E-state index in [4.69, 9.17) is 9.62 Å². The van der Waals surface area contributed by atoms with Gasteiger partial charge in [-0.2, -0.15) is 0 Å². The van der Waals surface area contributed by atoms with Crippen LogP contribution in [0.1, 0.15) is 23.2 Å². The summed E-state index contributed by atoms with van der Waals surface area (Å²) in [5.41, 5.74) is 7.14. The van der Waals surface area contributed by atoms with Crippen molar-refractivity contribution in [1.82, 2.24) is 9.97 Å². The number of hydrogen-bond acceptors (Lipinski definition) is 6. The highest BCUT2D eigenvalue weighted by Gasteiger charge is 2.21. The van der Waals surface area contributed by atoms with Gasteiger partial charge < -0.3 is 14.9 Å². The number of pyridine rings is 2. The maximum atomic E-state index is 9.14. The molecule has 0 bridgehead atoms. The third-order valence-corrected chi connectivity index (χ3v) is 5.05. The number of nitrogens with zero attached hydrogens (tertiary/aromatic N) is 3. The van der Waals surface area contributed by atoms with Crippen molar-refractivity contribution in [3.63, 3.8) is 0 Å². The molecule has 0 atom stereocenters. The highest BCUT2D eigenvalue weighted by atomic mass is 16.4. The first-order valence-corrected chi connectivity index (χ1v) is 9.15. The number of anilines is 2. The van der Waals surface area contributed by atoms with Crippen molar-refractivity contribution in [2.75, 3.05) is 5.32 Å². The number of aryl methyl sites for hydroxylation is 2. The number of furan rings is 1. The largest absolute Gasteiger partial charge is 0.451 e. The first kappa shape index (κ1) is 16.5. The van der Waals surface area contributed by atoms with Gasteiger partial charge in [-0.1, -0.05) is 17.3 Å². The van der Waals surface area contributed by atoms with Gasteiger partial charge in [0, 0.05) is 28.5 Å². The second-order valence-corrected chi connectivity index (χ2v) is 6.89. The molecule has 2 N–H and O–H groups in total. The molecular formula is C22H18N4O2. The first-order chi connectivity index (χ1) is 13.7. The Balaban J connectivity index is 1.62. The molecule has 1 aliphatic carbocycles. The van der Waals surface area contributed by atoms with Gasteiger partial charge in [-0.3, -0.25) is 4.98 Å². The van der Waals surface area contributed by atoms with Crippen molar-refractivity contribution >= 4 is 28.1 Å². The number of oxime groups is 1. The molecular weight excluding hydrogens is 352 g/mol. The van der Waals surface area contributed by atoms with E-state index in [2.05, 4.69) is 26.5 Å². The minimum atomic E-state index is 0.685. The van der Waals surface area contributed by atoms with E-state index in [1.807, 2.05) is 43.3 Å². The SMILES string of the molecule is Cc1cccc(-c2oc3cnccc3c2Nc2ccc3c(c2)CC/C3=N\O)n1. The average Bonchev–Trinajstić information content (AvgIpc) is 3.29. The maximum Gasteiger partial charge on any atom is 0.177 e. The standard InChI is InChI=1S/C22H18N4O2/c1-13-3-2-4-19(24-13)22-21(17-9-10-23-12-20(17)28-22)25-15-6-7-16-14(11-15)5-8-18(16)26-27/h2-4,6-7,9-12,25,27H,5,8H2,1H3/b26-18+. The Morgan fingerprint density at radius 3 is 2.93 bits per heavy atom. The third kappa shape index (κ3) is 2.70. The minimum Gasteiger partial charge on any atom is -0.451 e. The number of nitrogens with one attached hydrogen (secondary N) is 1. The fraction of sp³-hybridized carbons (Fsp3) is 0.136. The molecule has 0 amide bonds. The molecule has 0 spiro atoms. The second kappa shape index (κ2) is 6.49. The Bertz CT molecular complexity index is 1230. The third-order valence-electron chi connectivity index (χ3n) is 5.05. The predicted octanol–water partition coefficient (Wildman–Crippen LogP) is 5.07. The number of hydrogen-bond donors (Lipinski definition) is 2. The molecule has 3 aromatic heterocycles. The van der Waals surface area contributed by atoms with Crippen molar-refractivity contribution in [3.8, 4) is 11.5 Å². The normalized spacial score (nSPS) is 14.5. The van der Waals surface area contributed by atoms with Crippen LogP contribution in [-0.4, -0.2) is 20.9 Å². The highest BCUT2D eigenvalue weighted by molar-refractivity contribution is 6.05. The van der Waals surface area contributed by atoms with Gasteiger partial charge in [0.25, 0.3) is 0 Å². The molecule has 0 unspecified atom stereocenters. The molecule has 0 saturated heterocycles. The van der Waals surface area contributed by atoms with Gasteiger partial charge in [-0.15, -0.1) is 0 Å². The minimum absolute atomic E-state index is 0.685. The first-order valence-electron chi connectivity index (χ1n) is 9.15. The van der Waals surface area contributed by atoms with E-state index in [1.54, 1.807) is 12.4 Å². The molecule has 0 aliphatic heterocycles. The van der Waals surface area contributed by atoms with Gasteiger partial charge in [0.2, 0.25) is 0 Å². The molecule has 6 nitrogen and oxygen atoms in total. The van der Waals surface area contributed by atoms with E-state index in [1.165, 1.54) is 5.56 Å². The van der Waals surface area contributed by atoms with Gasteiger partial charge >= 0.3 is 0 Å². The van der Waals surface area contributed by atoms with Gasteiger partial charge in [0.05, 0.1) is 17.6 Å². The van der Waals surface area contributed by atoms with Crippen molar-refractivity contribution in [2.45, 2.75) is 19.8 Å². The molecule has 1 aromatic carbocycles. The van der Waals surface area contributed by atoms with Crippen LogP contribution in [0.25, 0.3) is 22.4 Å². The lowest BCUT2D eigenvalue weighted by molar-refractivity contribution is 0.318. The highest BCUT2D eigenvalue weighted by Crippen LogP contribution is 2.39. The van der Waals surface area contributed by atoms with Crippen LogP contribution in [-0.2, 0) is 6.42 Å². The number of rotatable bonds is 3. The number of aromatic nitrogens is 2. The lowest BCUT2D eigenvalue weighted by atomic mass is 10.1. The van der Waals surface area contributed by atoms with Crippen LogP contribution in [0.5, 0.6) is 0 Å². The molecule has 28 heavy (non-hydrogen) atoms. The number of benzene rings is 1. The van der Waals surface area contributed by atoms with E-state index >= 15 is 0 Å². The fourth-order valence-electron chi connectivity index (χ4n) is 3.72. The summed E-state index contributed by atoms with van der Waals surface area (Å²) in [5, 5.41) is 17.0. The average molecular weight is 370 g/mol. The van der Waals surface area contributed by atoms with Crippen molar-refractivity contribution in [2.24, 2.45) is 5.16 Å². The second-order valence-electron chi connectivity index (χ2n) is 6.89. The van der Waals surface area contributed by atoms with Gasteiger partial charge in [-0.25, -0.2) is 4.98 Å². The van der Waals surface area contributed by atoms with E-state index in [9.17, 15) is 0 Å². The molecule has 6 heteroatoms. The van der Waals surface area contributed by atoms with Crippen molar-refractivity contribution < 1.29 is 9.62 Å². The summed E-state index contributed by atoms with van der Waals surface area (Å²) in [4.78, 5) is 8.79. The lowest BCUT2D eigenvalue weighted by Crippen LogP contribution is -1.96. The Morgan fingerprint density at radius 2 is 2.07 bits per heavy atom. The van der Waals surface area contributed by atoms with E-state index in [-0.39, 0.29) is 0 Å². The van der Waals surface area contributed by atoms with E-state index in [0.29, 0.717) is 11.3 Å². The number of fused-ring (bicyclic) bond motifs is 2. The molecule has 138 valence electrons. The molecule has 1 aliphatic rings. The summed E-state index contributed by atoms with van der Waals surface area (Å²) in [6.45, 7) is 1.96. The Morgan fingerprint density at radius 1 is 1.14 bits per heavy atom. The van der Waals surface area contributed by atoms with Crippen LogP contribution >= 0.6 is 0 Å². The zero-order chi connectivity index (χ0) is 19.1. The lowest BCUT2D eigenvalue weighted by Gasteiger charge is -2.09. The maximum absolute atomic E-state index is 9.14. The molecule has 5 rings (SSSR count). The summed E-state index contributed by atoms with van der Waals surface area (Å²) in [7, 11) is 0. The van der Waals surface area contributed by atoms with Crippen LogP contribution in [0.3, 0.4) is 0 Å². The Kier molecular flexibility index (Phi) is 3.83. The van der Waals surface area contributed by atoms with Gasteiger partial charge in [0.15, 0.2) is 11.3 Å². The van der Waals surface area contributed by atoms with E-state index < -0.39 is 0 Å². The van der Waals surface area contributed by atoms with Crippen LogP contribution in [0.15, 0.2) is 64.4 Å². The topological polar surface area (TPSA) is 83.5 Å². The fourth-order valence-corrected chi connectivity index (χ4v) is 3.72. The summed E-state index contributed by atoms with van der Waals surface area (Å²) in [5.74, 6) is 0.685. The summed E-state index contributed by atoms with van der Waals surface area (Å²) in [6, 6.07) is 13.9. The molecule has 0 fully saturated rings.